The molecule has 2 rings (SSSR count). The zero-order valence-electron chi connectivity index (χ0n) is 16.8. The van der Waals surface area contributed by atoms with Gasteiger partial charge in [-0.1, -0.05) is 54.9 Å². The van der Waals surface area contributed by atoms with Crippen molar-refractivity contribution in [2.45, 2.75) is 33.1 Å². The minimum absolute atomic E-state index is 0.0186. The number of halogens is 1. The second kappa shape index (κ2) is 9.84. The number of thiocarbonyl (C=S) groups is 1. The van der Waals surface area contributed by atoms with Crippen LogP contribution in [0.2, 0.25) is 0 Å². The Morgan fingerprint density at radius 1 is 1.10 bits per heavy atom. The van der Waals surface area contributed by atoms with Gasteiger partial charge in [-0.15, -0.1) is 0 Å². The summed E-state index contributed by atoms with van der Waals surface area (Å²) in [4.78, 5) is 24.2. The van der Waals surface area contributed by atoms with Gasteiger partial charge in [-0.25, -0.2) is 0 Å². The van der Waals surface area contributed by atoms with Crippen LogP contribution in [0, 0.1) is 6.92 Å². The largest absolute Gasteiger partial charge is 0.484 e. The molecule has 0 aromatic heterocycles. The van der Waals surface area contributed by atoms with Gasteiger partial charge < -0.3 is 4.74 Å². The maximum Gasteiger partial charge on any atom is 0.276 e. The molecule has 0 aliphatic carbocycles. The average molecular weight is 478 g/mol. The first-order valence-corrected chi connectivity index (χ1v) is 10.2. The Balaban J connectivity index is 1.82. The molecule has 29 heavy (non-hydrogen) atoms. The minimum atomic E-state index is -0.430. The van der Waals surface area contributed by atoms with Crippen molar-refractivity contribution in [3.05, 3.63) is 63.6 Å². The second-order valence-corrected chi connectivity index (χ2v) is 8.77. The Kier molecular flexibility index (Phi) is 7.75. The molecule has 0 saturated carbocycles. The third kappa shape index (κ3) is 7.14. The van der Waals surface area contributed by atoms with Crippen LogP contribution in [-0.2, 0) is 10.2 Å². The van der Waals surface area contributed by atoms with E-state index in [2.05, 4.69) is 52.9 Å². The van der Waals surface area contributed by atoms with Crippen LogP contribution in [0.4, 0.5) is 0 Å². The monoisotopic (exact) mass is 477 g/mol. The van der Waals surface area contributed by atoms with Crippen LogP contribution in [0.5, 0.6) is 5.75 Å². The van der Waals surface area contributed by atoms with Crippen molar-refractivity contribution in [1.29, 1.82) is 0 Å². The summed E-state index contributed by atoms with van der Waals surface area (Å²) in [5.74, 6) is -0.213. The summed E-state index contributed by atoms with van der Waals surface area (Å²) < 4.78 is 6.24. The molecule has 0 spiro atoms. The van der Waals surface area contributed by atoms with Gasteiger partial charge in [0.15, 0.2) is 11.7 Å². The van der Waals surface area contributed by atoms with Crippen LogP contribution < -0.4 is 20.9 Å². The molecule has 0 saturated heterocycles. The quantitative estimate of drug-likeness (QED) is 0.461. The number of hydrogen-bond donors (Lipinski definition) is 3. The van der Waals surface area contributed by atoms with E-state index >= 15 is 0 Å². The predicted molar refractivity (Wildman–Crippen MR) is 121 cm³/mol. The van der Waals surface area contributed by atoms with Gasteiger partial charge in [-0.2, -0.15) is 0 Å². The molecule has 2 aromatic rings. The van der Waals surface area contributed by atoms with E-state index in [1.165, 1.54) is 0 Å². The summed E-state index contributed by atoms with van der Waals surface area (Å²) in [5, 5.41) is 2.50. The van der Waals surface area contributed by atoms with Crippen LogP contribution in [0.3, 0.4) is 0 Å². The van der Waals surface area contributed by atoms with E-state index in [1.54, 1.807) is 18.2 Å². The molecule has 3 N–H and O–H groups in total. The summed E-state index contributed by atoms with van der Waals surface area (Å²) in [7, 11) is 0. The van der Waals surface area contributed by atoms with Crippen molar-refractivity contribution in [3.8, 4) is 5.75 Å². The smallest absolute Gasteiger partial charge is 0.276 e. The normalized spacial score (nSPS) is 10.8. The highest BCUT2D eigenvalue weighted by molar-refractivity contribution is 9.10. The van der Waals surface area contributed by atoms with E-state index in [0.717, 1.165) is 15.6 Å². The molecule has 0 bridgehead atoms. The fourth-order valence-electron chi connectivity index (χ4n) is 2.49. The molecule has 2 aromatic carbocycles. The highest BCUT2D eigenvalue weighted by atomic mass is 79.9. The molecule has 154 valence electrons. The number of nitrogens with one attached hydrogen (secondary N) is 3. The first-order valence-electron chi connectivity index (χ1n) is 8.96. The van der Waals surface area contributed by atoms with Crippen LogP contribution in [0.15, 0.2) is 46.9 Å². The van der Waals surface area contributed by atoms with Gasteiger partial charge in [0, 0.05) is 10.0 Å². The first kappa shape index (κ1) is 22.8. The molecule has 0 heterocycles. The standard InChI is InChI=1S/C21H24BrN3O3S/c1-13-6-5-7-15(10-13)28-12-18(26)24-25-20(29)23-19(27)14-8-9-16(17(22)11-14)21(2,3)4/h5-11H,12H2,1-4H3,(H,24,26)(H2,23,25,27,29). The number of benzene rings is 2. The Hall–Kier alpha value is -2.45. The SMILES string of the molecule is Cc1cccc(OCC(=O)NNC(=S)NC(=O)c2ccc(C(C)(C)C)c(Br)c2)c1. The van der Waals surface area contributed by atoms with Crippen LogP contribution >= 0.6 is 28.1 Å². The van der Waals surface area contributed by atoms with Crippen molar-refractivity contribution >= 4 is 45.1 Å². The maximum atomic E-state index is 12.4. The molecule has 6 nitrogen and oxygen atoms in total. The predicted octanol–water partition coefficient (Wildman–Crippen LogP) is 3.77. The van der Waals surface area contributed by atoms with E-state index in [1.807, 2.05) is 31.2 Å². The summed E-state index contributed by atoms with van der Waals surface area (Å²) in [5.41, 5.74) is 7.40. The van der Waals surface area contributed by atoms with Gasteiger partial charge in [0.1, 0.15) is 5.75 Å². The lowest BCUT2D eigenvalue weighted by molar-refractivity contribution is -0.123. The molecule has 0 radical (unpaired) electrons. The third-order valence-corrected chi connectivity index (χ3v) is 4.80. The lowest BCUT2D eigenvalue weighted by Gasteiger charge is -2.21. The molecule has 2 amide bonds. The molecule has 0 aliphatic rings. The average Bonchev–Trinajstić information content (AvgIpc) is 2.63. The van der Waals surface area contributed by atoms with Crippen LogP contribution in [0.1, 0.15) is 42.3 Å². The van der Waals surface area contributed by atoms with E-state index in [4.69, 9.17) is 17.0 Å². The van der Waals surface area contributed by atoms with Gasteiger partial charge in [-0.3, -0.25) is 25.8 Å². The van der Waals surface area contributed by atoms with E-state index in [9.17, 15) is 9.59 Å². The van der Waals surface area contributed by atoms with Crippen molar-refractivity contribution in [2.24, 2.45) is 0 Å². The molecule has 8 heteroatoms. The van der Waals surface area contributed by atoms with Gasteiger partial charge in [0.05, 0.1) is 0 Å². The fourth-order valence-corrected chi connectivity index (χ4v) is 3.60. The zero-order chi connectivity index (χ0) is 21.6. The van der Waals surface area contributed by atoms with Crippen molar-refractivity contribution in [3.63, 3.8) is 0 Å². The number of hydrazine groups is 1. The van der Waals surface area contributed by atoms with E-state index in [0.29, 0.717) is 11.3 Å². The number of amides is 2. The highest BCUT2D eigenvalue weighted by Gasteiger charge is 2.18. The Bertz CT molecular complexity index is 926. The Morgan fingerprint density at radius 3 is 2.45 bits per heavy atom. The molecular weight excluding hydrogens is 454 g/mol. The van der Waals surface area contributed by atoms with Crippen molar-refractivity contribution in [2.75, 3.05) is 6.61 Å². The van der Waals surface area contributed by atoms with E-state index in [-0.39, 0.29) is 23.0 Å². The Morgan fingerprint density at radius 2 is 1.83 bits per heavy atom. The van der Waals surface area contributed by atoms with Gasteiger partial charge >= 0.3 is 0 Å². The summed E-state index contributed by atoms with van der Waals surface area (Å²) in [6.45, 7) is 8.03. The lowest BCUT2D eigenvalue weighted by Crippen LogP contribution is -2.49. The van der Waals surface area contributed by atoms with Crippen molar-refractivity contribution < 1.29 is 14.3 Å². The third-order valence-electron chi connectivity index (χ3n) is 3.94. The molecule has 0 fully saturated rings. The maximum absolute atomic E-state index is 12.4. The van der Waals surface area contributed by atoms with Gasteiger partial charge in [-0.05, 0) is 59.9 Å². The van der Waals surface area contributed by atoms with Crippen molar-refractivity contribution in [1.82, 2.24) is 16.2 Å². The first-order chi connectivity index (χ1) is 13.6. The number of aryl methyl sites for hydroxylation is 1. The topological polar surface area (TPSA) is 79.5 Å². The Labute approximate surface area is 184 Å². The van der Waals surface area contributed by atoms with E-state index < -0.39 is 5.91 Å². The number of ether oxygens (including phenoxy) is 1. The fraction of sp³-hybridized carbons (Fsp3) is 0.286. The number of rotatable bonds is 4. The number of hydrogen-bond acceptors (Lipinski definition) is 4. The molecule has 0 atom stereocenters. The van der Waals surface area contributed by atoms with Gasteiger partial charge in [0.2, 0.25) is 0 Å². The number of carbonyl (C=O) groups is 2. The highest BCUT2D eigenvalue weighted by Crippen LogP contribution is 2.30. The lowest BCUT2D eigenvalue weighted by atomic mass is 9.86. The van der Waals surface area contributed by atoms with Crippen LogP contribution in [-0.4, -0.2) is 23.5 Å². The van der Waals surface area contributed by atoms with Gasteiger partial charge in [0.25, 0.3) is 11.8 Å². The summed E-state index contributed by atoms with van der Waals surface area (Å²) >= 11 is 8.56. The minimum Gasteiger partial charge on any atom is -0.484 e. The van der Waals surface area contributed by atoms with Crippen LogP contribution in [0.25, 0.3) is 0 Å². The molecule has 0 unspecified atom stereocenters. The summed E-state index contributed by atoms with van der Waals surface area (Å²) in [6.07, 6.45) is 0. The summed E-state index contributed by atoms with van der Waals surface area (Å²) in [6, 6.07) is 12.8. The zero-order valence-corrected chi connectivity index (χ0v) is 19.2. The second-order valence-electron chi connectivity index (χ2n) is 7.51. The number of carbonyl (C=O) groups excluding carboxylic acids is 2. The molecular formula is C21H24BrN3O3S. The molecule has 0 aliphatic heterocycles.